The quantitative estimate of drug-likeness (QED) is 0.826. The number of amides is 1. The lowest BCUT2D eigenvalue weighted by Gasteiger charge is -2.24. The maximum absolute atomic E-state index is 13.2. The molecule has 1 aromatic carbocycles. The average Bonchev–Trinajstić information content (AvgIpc) is 2.79. The Morgan fingerprint density at radius 3 is 2.40 bits per heavy atom. The second-order valence-corrected chi connectivity index (χ2v) is 9.63. The molecule has 1 saturated heterocycles. The Bertz CT molecular complexity index is 736. The highest BCUT2D eigenvalue weighted by atomic mass is 32.2. The van der Waals surface area contributed by atoms with Gasteiger partial charge in [-0.05, 0) is 36.0 Å². The normalized spacial score (nSPS) is 17.4. The molecule has 1 heterocycles. The van der Waals surface area contributed by atoms with Crippen LogP contribution in [0.3, 0.4) is 0 Å². The summed E-state index contributed by atoms with van der Waals surface area (Å²) in [5.41, 5.74) is 1.66. The lowest BCUT2D eigenvalue weighted by Crippen LogP contribution is -2.37. The van der Waals surface area contributed by atoms with E-state index in [1.54, 1.807) is 4.90 Å². The van der Waals surface area contributed by atoms with E-state index in [0.717, 1.165) is 11.1 Å². The molecule has 1 amide bonds. The maximum Gasteiger partial charge on any atom is 0.243 e. The van der Waals surface area contributed by atoms with Gasteiger partial charge in [-0.3, -0.25) is 4.79 Å². The summed E-state index contributed by atoms with van der Waals surface area (Å²) in [6.45, 7) is 11.8. The lowest BCUT2D eigenvalue weighted by atomic mass is 9.87. The van der Waals surface area contributed by atoms with Crippen molar-refractivity contribution < 1.29 is 13.2 Å². The molecule has 0 saturated carbocycles. The largest absolute Gasteiger partial charge is 0.341 e. The number of hydrogen-bond acceptors (Lipinski definition) is 3. The van der Waals surface area contributed by atoms with Gasteiger partial charge < -0.3 is 4.90 Å². The van der Waals surface area contributed by atoms with Crippen molar-refractivity contribution in [3.8, 4) is 0 Å². The number of aryl methyl sites for hydroxylation is 1. The summed E-state index contributed by atoms with van der Waals surface area (Å²) in [6.07, 6.45) is 1.13. The monoisotopic (exact) mass is 366 g/mol. The third kappa shape index (κ3) is 4.42. The van der Waals surface area contributed by atoms with Crippen LogP contribution in [0.2, 0.25) is 0 Å². The Hall–Kier alpha value is -1.40. The molecule has 1 aliphatic rings. The first-order valence-electron chi connectivity index (χ1n) is 8.96. The standard InChI is InChI=1S/C19H30N2O3S/c1-6-18(22)20-10-7-11-21(13-12-20)25(23,24)17-14-16(19(3,4)5)9-8-15(17)2/h8-9,14H,6-7,10-13H2,1-5H3. The Kier molecular flexibility index (Phi) is 5.94. The number of hydrogen-bond donors (Lipinski definition) is 0. The van der Waals surface area contributed by atoms with Crippen LogP contribution in [0.5, 0.6) is 0 Å². The van der Waals surface area contributed by atoms with Crippen molar-refractivity contribution in [2.75, 3.05) is 26.2 Å². The second-order valence-electron chi connectivity index (χ2n) is 7.72. The SMILES string of the molecule is CCC(=O)N1CCCN(S(=O)(=O)c2cc(C(C)(C)C)ccc2C)CC1. The van der Waals surface area contributed by atoms with Gasteiger partial charge in [0.05, 0.1) is 4.90 Å². The number of nitrogens with zero attached hydrogens (tertiary/aromatic N) is 2. The van der Waals surface area contributed by atoms with E-state index in [4.69, 9.17) is 0 Å². The highest BCUT2D eigenvalue weighted by Gasteiger charge is 2.30. The zero-order chi connectivity index (χ0) is 18.8. The maximum atomic E-state index is 13.2. The zero-order valence-corrected chi connectivity index (χ0v) is 16.8. The van der Waals surface area contributed by atoms with Crippen LogP contribution in [0.1, 0.15) is 51.7 Å². The molecule has 0 aliphatic carbocycles. The predicted molar refractivity (Wildman–Crippen MR) is 100 cm³/mol. The number of rotatable bonds is 3. The van der Waals surface area contributed by atoms with Crippen LogP contribution >= 0.6 is 0 Å². The Morgan fingerprint density at radius 2 is 1.80 bits per heavy atom. The number of carbonyl (C=O) groups is 1. The van der Waals surface area contributed by atoms with E-state index in [1.807, 2.05) is 32.0 Å². The fraction of sp³-hybridized carbons (Fsp3) is 0.632. The van der Waals surface area contributed by atoms with Crippen molar-refractivity contribution in [3.63, 3.8) is 0 Å². The predicted octanol–water partition coefficient (Wildman–Crippen LogP) is 2.93. The van der Waals surface area contributed by atoms with Gasteiger partial charge >= 0.3 is 0 Å². The minimum absolute atomic E-state index is 0.0881. The molecular formula is C19H30N2O3S. The summed E-state index contributed by atoms with van der Waals surface area (Å²) in [5, 5.41) is 0. The van der Waals surface area contributed by atoms with E-state index >= 15 is 0 Å². The first kappa shape index (κ1) is 19.9. The molecule has 1 fully saturated rings. The molecule has 140 valence electrons. The van der Waals surface area contributed by atoms with E-state index in [-0.39, 0.29) is 11.3 Å². The summed E-state index contributed by atoms with van der Waals surface area (Å²) in [5.74, 6) is 0.0881. The summed E-state index contributed by atoms with van der Waals surface area (Å²) in [6, 6.07) is 5.70. The van der Waals surface area contributed by atoms with Gasteiger partial charge in [-0.15, -0.1) is 0 Å². The van der Waals surface area contributed by atoms with Crippen LogP contribution in [0.25, 0.3) is 0 Å². The van der Waals surface area contributed by atoms with Gasteiger partial charge in [0, 0.05) is 32.6 Å². The molecule has 25 heavy (non-hydrogen) atoms. The minimum Gasteiger partial charge on any atom is -0.341 e. The first-order valence-corrected chi connectivity index (χ1v) is 10.4. The smallest absolute Gasteiger partial charge is 0.243 e. The van der Waals surface area contributed by atoms with Crippen molar-refractivity contribution in [3.05, 3.63) is 29.3 Å². The molecule has 2 rings (SSSR count). The highest BCUT2D eigenvalue weighted by molar-refractivity contribution is 7.89. The lowest BCUT2D eigenvalue weighted by molar-refractivity contribution is -0.130. The van der Waals surface area contributed by atoms with Crippen molar-refractivity contribution in [2.24, 2.45) is 0 Å². The second kappa shape index (κ2) is 7.46. The van der Waals surface area contributed by atoms with E-state index in [1.165, 1.54) is 4.31 Å². The van der Waals surface area contributed by atoms with Gasteiger partial charge in [-0.1, -0.05) is 39.8 Å². The number of sulfonamides is 1. The molecule has 0 bridgehead atoms. The third-order valence-electron chi connectivity index (χ3n) is 4.78. The van der Waals surface area contributed by atoms with Crippen LogP contribution in [-0.4, -0.2) is 49.7 Å². The molecule has 1 aromatic rings. The van der Waals surface area contributed by atoms with Gasteiger partial charge in [0.1, 0.15) is 0 Å². The fourth-order valence-corrected chi connectivity index (χ4v) is 4.81. The van der Waals surface area contributed by atoms with Gasteiger partial charge in [-0.25, -0.2) is 8.42 Å². The number of benzene rings is 1. The first-order chi connectivity index (χ1) is 11.6. The summed E-state index contributed by atoms with van der Waals surface area (Å²) in [7, 11) is -3.56. The van der Waals surface area contributed by atoms with Gasteiger partial charge in [0.25, 0.3) is 0 Å². The zero-order valence-electron chi connectivity index (χ0n) is 16.0. The number of carbonyl (C=O) groups excluding carboxylic acids is 1. The molecule has 0 unspecified atom stereocenters. The van der Waals surface area contributed by atoms with Gasteiger partial charge in [-0.2, -0.15) is 4.31 Å². The molecule has 0 atom stereocenters. The third-order valence-corrected chi connectivity index (χ3v) is 6.82. The van der Waals surface area contributed by atoms with Crippen molar-refractivity contribution in [2.45, 2.75) is 57.8 Å². The minimum atomic E-state index is -3.56. The summed E-state index contributed by atoms with van der Waals surface area (Å²) in [4.78, 5) is 14.1. The van der Waals surface area contributed by atoms with Crippen LogP contribution in [0.15, 0.2) is 23.1 Å². The van der Waals surface area contributed by atoms with Crippen molar-refractivity contribution in [1.82, 2.24) is 9.21 Å². The van der Waals surface area contributed by atoms with Gasteiger partial charge in [0.15, 0.2) is 0 Å². The summed E-state index contributed by atoms with van der Waals surface area (Å²) >= 11 is 0. The molecule has 5 nitrogen and oxygen atoms in total. The molecule has 1 aliphatic heterocycles. The van der Waals surface area contributed by atoms with Gasteiger partial charge in [0.2, 0.25) is 15.9 Å². The van der Waals surface area contributed by atoms with E-state index in [9.17, 15) is 13.2 Å². The molecular weight excluding hydrogens is 336 g/mol. The van der Waals surface area contributed by atoms with Crippen LogP contribution in [0.4, 0.5) is 0 Å². The Labute approximate surface area is 152 Å². The fourth-order valence-electron chi connectivity index (χ4n) is 3.09. The molecule has 6 heteroatoms. The Morgan fingerprint density at radius 1 is 1.12 bits per heavy atom. The van der Waals surface area contributed by atoms with E-state index < -0.39 is 10.0 Å². The van der Waals surface area contributed by atoms with Crippen molar-refractivity contribution >= 4 is 15.9 Å². The van der Waals surface area contributed by atoms with E-state index in [0.29, 0.717) is 43.9 Å². The van der Waals surface area contributed by atoms with Crippen molar-refractivity contribution in [1.29, 1.82) is 0 Å². The van der Waals surface area contributed by atoms with Crippen LogP contribution < -0.4 is 0 Å². The molecule has 0 aromatic heterocycles. The van der Waals surface area contributed by atoms with Crippen LogP contribution in [0, 0.1) is 6.92 Å². The molecule has 0 radical (unpaired) electrons. The molecule has 0 spiro atoms. The highest BCUT2D eigenvalue weighted by Crippen LogP contribution is 2.28. The summed E-state index contributed by atoms with van der Waals surface area (Å²) < 4.78 is 27.9. The topological polar surface area (TPSA) is 57.7 Å². The van der Waals surface area contributed by atoms with Crippen LogP contribution in [-0.2, 0) is 20.2 Å². The Balaban J connectivity index is 2.31. The molecule has 0 N–H and O–H groups in total. The average molecular weight is 367 g/mol. The van der Waals surface area contributed by atoms with E-state index in [2.05, 4.69) is 20.8 Å².